The van der Waals surface area contributed by atoms with Gasteiger partial charge in [0.05, 0.1) is 11.4 Å². The molecule has 0 saturated heterocycles. The molecule has 0 bridgehead atoms. The maximum Gasteiger partial charge on any atom is 0.0540 e. The van der Waals surface area contributed by atoms with Gasteiger partial charge < -0.3 is 4.90 Å². The van der Waals surface area contributed by atoms with E-state index in [1.807, 2.05) is 0 Å². The summed E-state index contributed by atoms with van der Waals surface area (Å²) in [5, 5.41) is 7.52. The van der Waals surface area contributed by atoms with Gasteiger partial charge in [-0.1, -0.05) is 170 Å². The third-order valence-electron chi connectivity index (χ3n) is 9.64. The summed E-state index contributed by atoms with van der Waals surface area (Å²) in [6, 6.07) is 72.5. The Morgan fingerprint density at radius 3 is 1.61 bits per heavy atom. The lowest BCUT2D eigenvalue weighted by Crippen LogP contribution is -2.12. The van der Waals surface area contributed by atoms with Gasteiger partial charge in [-0.3, -0.25) is 0 Å². The van der Waals surface area contributed by atoms with Crippen molar-refractivity contribution < 1.29 is 0 Å². The highest BCUT2D eigenvalue weighted by Crippen LogP contribution is 2.46. The summed E-state index contributed by atoms with van der Waals surface area (Å²) in [7, 11) is 0. The molecule has 49 heavy (non-hydrogen) atoms. The quantitative estimate of drug-likeness (QED) is 0.167. The summed E-state index contributed by atoms with van der Waals surface area (Å²) in [6.07, 6.45) is 0. The lowest BCUT2D eigenvalue weighted by molar-refractivity contribution is 1.28. The molecule has 9 aromatic carbocycles. The highest BCUT2D eigenvalue weighted by Gasteiger charge is 2.21. The van der Waals surface area contributed by atoms with Crippen molar-refractivity contribution >= 4 is 49.4 Å². The van der Waals surface area contributed by atoms with Gasteiger partial charge in [-0.2, -0.15) is 0 Å². The second-order valence-corrected chi connectivity index (χ2v) is 12.5. The fraction of sp³-hybridized carbons (Fsp3) is 0. The molecule has 230 valence electrons. The molecule has 0 atom stereocenters. The van der Waals surface area contributed by atoms with E-state index in [-0.39, 0.29) is 0 Å². The van der Waals surface area contributed by atoms with Gasteiger partial charge in [0, 0.05) is 16.8 Å². The fourth-order valence-electron chi connectivity index (χ4n) is 7.40. The minimum atomic E-state index is 1.10. The van der Waals surface area contributed by atoms with Crippen LogP contribution >= 0.6 is 0 Å². The van der Waals surface area contributed by atoms with Gasteiger partial charge in [-0.15, -0.1) is 0 Å². The minimum Gasteiger partial charge on any atom is -0.309 e. The van der Waals surface area contributed by atoms with E-state index < -0.39 is 0 Å². The van der Waals surface area contributed by atoms with Gasteiger partial charge in [0.25, 0.3) is 0 Å². The Bertz CT molecular complexity index is 2610. The molecule has 0 radical (unpaired) electrons. The zero-order valence-corrected chi connectivity index (χ0v) is 27.0. The summed E-state index contributed by atoms with van der Waals surface area (Å²) in [5.41, 5.74) is 10.5. The highest BCUT2D eigenvalue weighted by atomic mass is 15.1. The van der Waals surface area contributed by atoms with E-state index in [0.29, 0.717) is 0 Å². The van der Waals surface area contributed by atoms with Crippen LogP contribution in [0, 0.1) is 0 Å². The maximum atomic E-state index is 2.45. The maximum absolute atomic E-state index is 2.45. The van der Waals surface area contributed by atoms with Crippen LogP contribution in [0.2, 0.25) is 0 Å². The van der Waals surface area contributed by atoms with Crippen molar-refractivity contribution in [3.05, 3.63) is 200 Å². The number of hydrogen-bond acceptors (Lipinski definition) is 1. The van der Waals surface area contributed by atoms with Crippen LogP contribution in [0.4, 0.5) is 17.1 Å². The Hall–Kier alpha value is -6.44. The molecule has 0 spiro atoms. The van der Waals surface area contributed by atoms with Gasteiger partial charge in [0.15, 0.2) is 0 Å². The average Bonchev–Trinajstić information content (AvgIpc) is 3.18. The Morgan fingerprint density at radius 2 is 0.796 bits per heavy atom. The summed E-state index contributed by atoms with van der Waals surface area (Å²) in [4.78, 5) is 2.45. The lowest BCUT2D eigenvalue weighted by Gasteiger charge is -2.30. The van der Waals surface area contributed by atoms with Gasteiger partial charge in [-0.25, -0.2) is 0 Å². The Labute approximate surface area is 287 Å². The van der Waals surface area contributed by atoms with Crippen LogP contribution in [-0.4, -0.2) is 0 Å². The first-order valence-electron chi connectivity index (χ1n) is 16.9. The minimum absolute atomic E-state index is 1.10. The SMILES string of the molecule is c1ccc(-c2ccccc2N(c2cccc(-c3cc4ccccc4c4ccccc34)c2)c2ccccc2-c2cccc3ccccc23)cc1. The van der Waals surface area contributed by atoms with Crippen molar-refractivity contribution in [3.8, 4) is 33.4 Å². The molecule has 0 aliphatic rings. The second-order valence-electron chi connectivity index (χ2n) is 12.5. The number of hydrogen-bond donors (Lipinski definition) is 0. The van der Waals surface area contributed by atoms with Crippen molar-refractivity contribution in [1.29, 1.82) is 0 Å². The standard InChI is InChI=1S/C48H33N/c1-2-16-35(17-3-1)41-25-10-12-30-47(41)49(48-31-13-11-28-45(48)43-29-15-20-34-18-4-6-23-39(34)43)38-22-14-21-36(32-38)46-33-37-19-5-7-24-40(37)42-26-8-9-27-44(42)46/h1-33H. The smallest absolute Gasteiger partial charge is 0.0540 e. The van der Waals surface area contributed by atoms with Gasteiger partial charge in [0.2, 0.25) is 0 Å². The zero-order valence-electron chi connectivity index (χ0n) is 27.0. The average molecular weight is 624 g/mol. The molecule has 1 nitrogen and oxygen atoms in total. The van der Waals surface area contributed by atoms with E-state index in [1.54, 1.807) is 0 Å². The van der Waals surface area contributed by atoms with Crippen molar-refractivity contribution in [2.24, 2.45) is 0 Å². The molecular weight excluding hydrogens is 591 g/mol. The molecule has 0 amide bonds. The van der Waals surface area contributed by atoms with Crippen LogP contribution in [0.3, 0.4) is 0 Å². The molecule has 0 unspecified atom stereocenters. The van der Waals surface area contributed by atoms with E-state index >= 15 is 0 Å². The molecule has 0 saturated carbocycles. The molecule has 0 aromatic heterocycles. The predicted octanol–water partition coefficient (Wildman–Crippen LogP) is 13.6. The van der Waals surface area contributed by atoms with Crippen LogP contribution in [-0.2, 0) is 0 Å². The van der Waals surface area contributed by atoms with Crippen LogP contribution in [0.15, 0.2) is 200 Å². The van der Waals surface area contributed by atoms with Gasteiger partial charge in [0.1, 0.15) is 0 Å². The zero-order chi connectivity index (χ0) is 32.6. The van der Waals surface area contributed by atoms with E-state index in [2.05, 4.69) is 205 Å². The van der Waals surface area contributed by atoms with E-state index in [0.717, 1.165) is 17.1 Å². The summed E-state index contributed by atoms with van der Waals surface area (Å²) < 4.78 is 0. The predicted molar refractivity (Wildman–Crippen MR) is 210 cm³/mol. The summed E-state index contributed by atoms with van der Waals surface area (Å²) >= 11 is 0. The second kappa shape index (κ2) is 12.3. The van der Waals surface area contributed by atoms with Crippen molar-refractivity contribution in [2.75, 3.05) is 4.90 Å². The Kier molecular flexibility index (Phi) is 7.22. The fourth-order valence-corrected chi connectivity index (χ4v) is 7.40. The van der Waals surface area contributed by atoms with E-state index in [4.69, 9.17) is 0 Å². The van der Waals surface area contributed by atoms with Gasteiger partial charge in [-0.05, 0) is 84.9 Å². The first-order chi connectivity index (χ1) is 24.3. The number of nitrogens with zero attached hydrogens (tertiary/aromatic N) is 1. The molecule has 9 rings (SSSR count). The van der Waals surface area contributed by atoms with Crippen molar-refractivity contribution in [3.63, 3.8) is 0 Å². The van der Waals surface area contributed by atoms with E-state index in [9.17, 15) is 0 Å². The lowest BCUT2D eigenvalue weighted by atomic mass is 9.92. The van der Waals surface area contributed by atoms with Crippen LogP contribution in [0.25, 0.3) is 65.7 Å². The number of anilines is 3. The first kappa shape index (κ1) is 28.8. The van der Waals surface area contributed by atoms with Crippen molar-refractivity contribution in [1.82, 2.24) is 0 Å². The molecule has 1 heteroatoms. The number of para-hydroxylation sites is 2. The van der Waals surface area contributed by atoms with Crippen LogP contribution in [0.5, 0.6) is 0 Å². The Balaban J connectivity index is 1.31. The third-order valence-corrected chi connectivity index (χ3v) is 9.64. The molecule has 0 heterocycles. The summed E-state index contributed by atoms with van der Waals surface area (Å²) in [5.74, 6) is 0. The monoisotopic (exact) mass is 623 g/mol. The largest absolute Gasteiger partial charge is 0.309 e. The molecule has 0 aliphatic carbocycles. The van der Waals surface area contributed by atoms with Crippen LogP contribution in [0.1, 0.15) is 0 Å². The highest BCUT2D eigenvalue weighted by molar-refractivity contribution is 6.14. The van der Waals surface area contributed by atoms with Crippen molar-refractivity contribution in [2.45, 2.75) is 0 Å². The van der Waals surface area contributed by atoms with Crippen LogP contribution < -0.4 is 4.90 Å². The van der Waals surface area contributed by atoms with Gasteiger partial charge >= 0.3 is 0 Å². The number of benzene rings is 9. The number of rotatable bonds is 6. The Morgan fingerprint density at radius 1 is 0.265 bits per heavy atom. The van der Waals surface area contributed by atoms with E-state index in [1.165, 1.54) is 65.7 Å². The normalized spacial score (nSPS) is 11.3. The molecule has 0 fully saturated rings. The number of fused-ring (bicyclic) bond motifs is 4. The molecule has 0 aliphatic heterocycles. The topological polar surface area (TPSA) is 3.24 Å². The first-order valence-corrected chi connectivity index (χ1v) is 16.9. The summed E-state index contributed by atoms with van der Waals surface area (Å²) in [6.45, 7) is 0. The molecular formula is C48H33N. The third kappa shape index (κ3) is 5.13. The molecule has 9 aromatic rings. The molecule has 0 N–H and O–H groups in total.